The largest absolute Gasteiger partial charge is 0.307 e. The zero-order valence-corrected chi connectivity index (χ0v) is 12.4. The van der Waals surface area contributed by atoms with Crippen molar-refractivity contribution in [2.75, 3.05) is 19.6 Å². The summed E-state index contributed by atoms with van der Waals surface area (Å²) in [4.78, 5) is 2.56. The highest BCUT2D eigenvalue weighted by Gasteiger charge is 2.28. The summed E-state index contributed by atoms with van der Waals surface area (Å²) in [5, 5.41) is 3.77. The second-order valence-electron chi connectivity index (χ2n) is 6.18. The maximum atomic E-state index is 13.7. The second kappa shape index (κ2) is 6.23. The normalized spacial score (nSPS) is 24.0. The van der Waals surface area contributed by atoms with Gasteiger partial charge in [0.1, 0.15) is 5.82 Å². The summed E-state index contributed by atoms with van der Waals surface area (Å²) in [6.07, 6.45) is 5.62. The minimum absolute atomic E-state index is 0.0236. The van der Waals surface area contributed by atoms with E-state index in [0.717, 1.165) is 18.4 Å². The van der Waals surface area contributed by atoms with Crippen LogP contribution in [0.3, 0.4) is 0 Å². The summed E-state index contributed by atoms with van der Waals surface area (Å²) in [7, 11) is 0. The van der Waals surface area contributed by atoms with E-state index >= 15 is 0 Å². The highest BCUT2D eigenvalue weighted by Crippen LogP contribution is 2.33. The monoisotopic (exact) mass is 276 g/mol. The summed E-state index contributed by atoms with van der Waals surface area (Å²) >= 11 is 0. The van der Waals surface area contributed by atoms with Gasteiger partial charge in [-0.05, 0) is 68.9 Å². The van der Waals surface area contributed by atoms with E-state index in [9.17, 15) is 4.39 Å². The molecule has 1 aromatic rings. The van der Waals surface area contributed by atoms with Gasteiger partial charge in [-0.1, -0.05) is 19.1 Å². The molecule has 110 valence electrons. The number of nitrogens with one attached hydrogen (secondary N) is 1. The molecule has 0 bridgehead atoms. The van der Waals surface area contributed by atoms with E-state index in [4.69, 9.17) is 0 Å². The molecule has 1 N–H and O–H groups in total. The number of hydrogen-bond donors (Lipinski definition) is 1. The summed E-state index contributed by atoms with van der Waals surface area (Å²) < 4.78 is 13.7. The molecule has 0 amide bonds. The molecule has 1 atom stereocenters. The molecule has 1 fully saturated rings. The van der Waals surface area contributed by atoms with Gasteiger partial charge in [0.2, 0.25) is 0 Å². The Morgan fingerprint density at radius 3 is 2.80 bits per heavy atom. The number of piperidine rings is 1. The average molecular weight is 276 g/mol. The molecule has 1 saturated heterocycles. The molecule has 1 heterocycles. The minimum atomic E-state index is -0.0236. The van der Waals surface area contributed by atoms with Gasteiger partial charge >= 0.3 is 0 Å². The Morgan fingerprint density at radius 2 is 2.05 bits per heavy atom. The molecule has 1 aliphatic carbocycles. The first-order valence-electron chi connectivity index (χ1n) is 8.03. The van der Waals surface area contributed by atoms with Gasteiger partial charge in [0.25, 0.3) is 0 Å². The third-order valence-corrected chi connectivity index (χ3v) is 4.78. The molecule has 2 nitrogen and oxygen atoms in total. The number of likely N-dealkylation sites (tertiary alicyclic amines) is 1. The van der Waals surface area contributed by atoms with Gasteiger partial charge in [0.05, 0.1) is 0 Å². The summed E-state index contributed by atoms with van der Waals surface area (Å²) in [5.41, 5.74) is 2.13. The van der Waals surface area contributed by atoms with Crippen LogP contribution >= 0.6 is 0 Å². The minimum Gasteiger partial charge on any atom is -0.307 e. The van der Waals surface area contributed by atoms with Gasteiger partial charge in [-0.15, -0.1) is 0 Å². The van der Waals surface area contributed by atoms with Crippen LogP contribution in [0.15, 0.2) is 18.2 Å². The lowest BCUT2D eigenvalue weighted by Gasteiger charge is -2.33. The van der Waals surface area contributed by atoms with Crippen molar-refractivity contribution < 1.29 is 4.39 Å². The third kappa shape index (κ3) is 2.89. The molecule has 3 rings (SSSR count). The van der Waals surface area contributed by atoms with Crippen molar-refractivity contribution in [3.05, 3.63) is 35.1 Å². The average Bonchev–Trinajstić information content (AvgIpc) is 2.86. The topological polar surface area (TPSA) is 15.3 Å². The lowest BCUT2D eigenvalue weighted by molar-refractivity contribution is 0.191. The fourth-order valence-corrected chi connectivity index (χ4v) is 3.71. The number of fused-ring (bicyclic) bond motifs is 1. The van der Waals surface area contributed by atoms with Crippen LogP contribution < -0.4 is 5.32 Å². The zero-order valence-electron chi connectivity index (χ0n) is 12.4. The lowest BCUT2D eigenvalue weighted by atomic mass is 10.0. The van der Waals surface area contributed by atoms with Crippen molar-refractivity contribution in [1.29, 1.82) is 0 Å². The molecule has 0 aromatic heterocycles. The Morgan fingerprint density at radius 1 is 1.25 bits per heavy atom. The summed E-state index contributed by atoms with van der Waals surface area (Å²) in [5.74, 6) is -0.0236. The van der Waals surface area contributed by atoms with E-state index < -0.39 is 0 Å². The predicted molar refractivity (Wildman–Crippen MR) is 80.4 cm³/mol. The maximum absolute atomic E-state index is 13.7. The third-order valence-electron chi connectivity index (χ3n) is 4.78. The standard InChI is InChI=1S/C17H25FN2/c1-2-10-20-11-8-13(9-12-20)19-17-7-6-14-15(17)4-3-5-16(14)18/h3-5,13,17,19H,2,6-12H2,1H3. The number of hydrogen-bond acceptors (Lipinski definition) is 2. The maximum Gasteiger partial charge on any atom is 0.126 e. The van der Waals surface area contributed by atoms with Crippen molar-refractivity contribution >= 4 is 0 Å². The molecule has 0 saturated carbocycles. The van der Waals surface area contributed by atoms with Crippen molar-refractivity contribution in [3.8, 4) is 0 Å². The van der Waals surface area contributed by atoms with E-state index in [0.29, 0.717) is 12.1 Å². The van der Waals surface area contributed by atoms with Crippen molar-refractivity contribution in [2.45, 2.75) is 51.1 Å². The van der Waals surface area contributed by atoms with Crippen LogP contribution in [0.2, 0.25) is 0 Å². The highest BCUT2D eigenvalue weighted by molar-refractivity contribution is 5.35. The van der Waals surface area contributed by atoms with E-state index in [-0.39, 0.29) is 5.82 Å². The van der Waals surface area contributed by atoms with Crippen molar-refractivity contribution in [3.63, 3.8) is 0 Å². The Kier molecular flexibility index (Phi) is 4.37. The summed E-state index contributed by atoms with van der Waals surface area (Å²) in [6.45, 7) is 5.88. The Bertz CT molecular complexity index is 452. The number of nitrogens with zero attached hydrogens (tertiary/aromatic N) is 1. The Balaban J connectivity index is 1.57. The Hall–Kier alpha value is -0.930. The molecule has 1 aromatic carbocycles. The van der Waals surface area contributed by atoms with Gasteiger partial charge in [-0.2, -0.15) is 0 Å². The molecule has 1 unspecified atom stereocenters. The SMILES string of the molecule is CCCN1CCC(NC2CCc3c(F)cccc32)CC1. The zero-order chi connectivity index (χ0) is 13.9. The van der Waals surface area contributed by atoms with Gasteiger partial charge in [-0.3, -0.25) is 0 Å². The van der Waals surface area contributed by atoms with Crippen molar-refractivity contribution in [1.82, 2.24) is 10.2 Å². The quantitative estimate of drug-likeness (QED) is 0.908. The molecule has 2 aliphatic rings. The first-order valence-corrected chi connectivity index (χ1v) is 8.03. The molecule has 0 radical (unpaired) electrons. The fraction of sp³-hybridized carbons (Fsp3) is 0.647. The van der Waals surface area contributed by atoms with Gasteiger partial charge in [0.15, 0.2) is 0 Å². The van der Waals surface area contributed by atoms with Gasteiger partial charge in [-0.25, -0.2) is 4.39 Å². The van der Waals surface area contributed by atoms with E-state index in [1.807, 2.05) is 6.07 Å². The Labute approximate surface area is 121 Å². The van der Waals surface area contributed by atoms with Gasteiger partial charge < -0.3 is 10.2 Å². The first kappa shape index (κ1) is 14.0. The van der Waals surface area contributed by atoms with Crippen LogP contribution in [-0.4, -0.2) is 30.6 Å². The van der Waals surface area contributed by atoms with Crippen molar-refractivity contribution in [2.24, 2.45) is 0 Å². The van der Waals surface area contributed by atoms with Crippen LogP contribution in [0.1, 0.15) is 49.8 Å². The molecule has 3 heteroatoms. The fourth-order valence-electron chi connectivity index (χ4n) is 3.71. The second-order valence-corrected chi connectivity index (χ2v) is 6.18. The molecule has 1 aliphatic heterocycles. The molecular formula is C17H25FN2. The number of halogens is 1. The van der Waals surface area contributed by atoms with Gasteiger partial charge in [0, 0.05) is 12.1 Å². The smallest absolute Gasteiger partial charge is 0.126 e. The first-order chi connectivity index (χ1) is 9.78. The molecule has 20 heavy (non-hydrogen) atoms. The van der Waals surface area contributed by atoms with E-state index in [1.54, 1.807) is 6.07 Å². The van der Waals surface area contributed by atoms with Crippen LogP contribution in [0.4, 0.5) is 4.39 Å². The van der Waals surface area contributed by atoms with Crippen LogP contribution in [-0.2, 0) is 6.42 Å². The van der Waals surface area contributed by atoms with Crippen LogP contribution in [0.25, 0.3) is 0 Å². The molecule has 0 spiro atoms. The molecular weight excluding hydrogens is 251 g/mol. The van der Waals surface area contributed by atoms with Crippen LogP contribution in [0, 0.1) is 5.82 Å². The van der Waals surface area contributed by atoms with E-state index in [2.05, 4.69) is 23.2 Å². The predicted octanol–water partition coefficient (Wildman–Crippen LogP) is 3.28. The van der Waals surface area contributed by atoms with Crippen LogP contribution in [0.5, 0.6) is 0 Å². The number of rotatable bonds is 4. The summed E-state index contributed by atoms with van der Waals surface area (Å²) in [6, 6.07) is 6.49. The highest BCUT2D eigenvalue weighted by atomic mass is 19.1. The lowest BCUT2D eigenvalue weighted by Crippen LogP contribution is -2.43. The van der Waals surface area contributed by atoms with E-state index in [1.165, 1.54) is 44.5 Å². The number of benzene rings is 1.